The van der Waals surface area contributed by atoms with Crippen molar-refractivity contribution in [1.82, 2.24) is 15.8 Å². The number of nitrogens with zero attached hydrogens (tertiary/aromatic N) is 1. The highest BCUT2D eigenvalue weighted by atomic mass is 35.5. The van der Waals surface area contributed by atoms with Crippen LogP contribution in [0.5, 0.6) is 0 Å². The Labute approximate surface area is 185 Å². The smallest absolute Gasteiger partial charge is 0.407 e. The van der Waals surface area contributed by atoms with Crippen LogP contribution in [0, 0.1) is 18.7 Å². The Hall–Kier alpha value is -2.61. The van der Waals surface area contributed by atoms with E-state index >= 15 is 0 Å². The van der Waals surface area contributed by atoms with E-state index < -0.39 is 23.4 Å². The van der Waals surface area contributed by atoms with E-state index in [9.17, 15) is 14.0 Å². The van der Waals surface area contributed by atoms with Crippen LogP contribution < -0.4 is 10.6 Å². The molecule has 168 valence electrons. The molecule has 9 heteroatoms. The summed E-state index contributed by atoms with van der Waals surface area (Å²) in [4.78, 5) is 24.8. The molecule has 0 saturated heterocycles. The molecule has 31 heavy (non-hydrogen) atoms. The van der Waals surface area contributed by atoms with E-state index in [1.165, 1.54) is 18.2 Å². The fraction of sp³-hybridized carbons (Fsp3) is 0.500. The molecule has 2 atom stereocenters. The lowest BCUT2D eigenvalue weighted by Crippen LogP contribution is -2.38. The van der Waals surface area contributed by atoms with Crippen molar-refractivity contribution in [1.29, 1.82) is 0 Å². The van der Waals surface area contributed by atoms with Crippen molar-refractivity contribution < 1.29 is 23.2 Å². The number of rotatable bonds is 5. The van der Waals surface area contributed by atoms with Crippen molar-refractivity contribution in [2.75, 3.05) is 6.54 Å². The minimum atomic E-state index is -0.582. The molecule has 2 N–H and O–H groups in total. The Morgan fingerprint density at radius 2 is 2.06 bits per heavy atom. The van der Waals surface area contributed by atoms with Gasteiger partial charge in [-0.2, -0.15) is 0 Å². The van der Waals surface area contributed by atoms with Gasteiger partial charge < -0.3 is 19.9 Å². The Bertz CT molecular complexity index is 950. The number of ether oxygens (including phenoxy) is 1. The first kappa shape index (κ1) is 23.1. The molecule has 1 aromatic carbocycles. The molecule has 1 aliphatic rings. The van der Waals surface area contributed by atoms with Gasteiger partial charge in [0.05, 0.1) is 10.6 Å². The Balaban J connectivity index is 1.60. The minimum Gasteiger partial charge on any atom is -0.444 e. The van der Waals surface area contributed by atoms with Gasteiger partial charge in [-0.05, 0) is 65.0 Å². The van der Waals surface area contributed by atoms with E-state index in [0.717, 1.165) is 19.3 Å². The number of carbonyl (C=O) groups excluding carboxylic acids is 2. The zero-order chi connectivity index (χ0) is 22.8. The SMILES string of the molecule is Cc1onc(-c2c(F)cccc2Cl)c1C(=O)NCC1CCC(NC(=O)OC(C)(C)C)C1. The maximum absolute atomic E-state index is 14.3. The lowest BCUT2D eigenvalue weighted by molar-refractivity contribution is 0.0504. The molecule has 3 rings (SSSR count). The molecule has 1 aliphatic carbocycles. The second-order valence-corrected chi connectivity index (χ2v) is 9.20. The number of amides is 2. The van der Waals surface area contributed by atoms with Crippen molar-refractivity contribution in [3.05, 3.63) is 40.4 Å². The number of hydrogen-bond donors (Lipinski definition) is 2. The lowest BCUT2D eigenvalue weighted by Gasteiger charge is -2.21. The van der Waals surface area contributed by atoms with Crippen LogP contribution in [0.1, 0.15) is 56.2 Å². The van der Waals surface area contributed by atoms with Gasteiger partial charge in [0.25, 0.3) is 5.91 Å². The summed E-state index contributed by atoms with van der Waals surface area (Å²) in [5, 5.41) is 9.77. The highest BCUT2D eigenvalue weighted by Gasteiger charge is 2.30. The van der Waals surface area contributed by atoms with Gasteiger partial charge in [-0.1, -0.05) is 22.8 Å². The average molecular weight is 452 g/mol. The van der Waals surface area contributed by atoms with Crippen LogP contribution >= 0.6 is 11.6 Å². The molecule has 0 spiro atoms. The molecule has 0 bridgehead atoms. The number of halogens is 2. The zero-order valence-electron chi connectivity index (χ0n) is 18.1. The van der Waals surface area contributed by atoms with Crippen molar-refractivity contribution >= 4 is 23.6 Å². The molecule has 1 aromatic heterocycles. The Morgan fingerprint density at radius 3 is 2.74 bits per heavy atom. The van der Waals surface area contributed by atoms with Gasteiger partial charge in [0, 0.05) is 12.6 Å². The molecule has 1 heterocycles. The molecule has 2 aromatic rings. The first-order valence-electron chi connectivity index (χ1n) is 10.2. The van der Waals surface area contributed by atoms with Gasteiger partial charge in [0.2, 0.25) is 0 Å². The second kappa shape index (κ2) is 9.26. The molecule has 1 saturated carbocycles. The number of aryl methyl sites for hydroxylation is 1. The van der Waals surface area contributed by atoms with E-state index in [-0.39, 0.29) is 39.6 Å². The summed E-state index contributed by atoms with van der Waals surface area (Å²) < 4.78 is 24.8. The van der Waals surface area contributed by atoms with Gasteiger partial charge >= 0.3 is 6.09 Å². The highest BCUT2D eigenvalue weighted by Crippen LogP contribution is 2.33. The van der Waals surface area contributed by atoms with Crippen LogP contribution in [0.3, 0.4) is 0 Å². The molecule has 0 radical (unpaired) electrons. The standard InChI is InChI=1S/C22H27ClFN3O4/c1-12-17(19(27-31-12)18-15(23)6-5-7-16(18)24)20(28)25-11-13-8-9-14(10-13)26-21(29)30-22(2,3)4/h5-7,13-14H,8-11H2,1-4H3,(H,25,28)(H,26,29). The maximum atomic E-state index is 14.3. The van der Waals surface area contributed by atoms with E-state index in [1.807, 2.05) is 20.8 Å². The molecule has 1 fully saturated rings. The quantitative estimate of drug-likeness (QED) is 0.676. The normalized spacial score (nSPS) is 18.6. The molecule has 2 unspecified atom stereocenters. The third kappa shape index (κ3) is 5.76. The third-order valence-corrected chi connectivity index (χ3v) is 5.42. The Kier molecular flexibility index (Phi) is 6.89. The maximum Gasteiger partial charge on any atom is 0.407 e. The highest BCUT2D eigenvalue weighted by molar-refractivity contribution is 6.33. The number of benzene rings is 1. The summed E-state index contributed by atoms with van der Waals surface area (Å²) in [7, 11) is 0. The van der Waals surface area contributed by atoms with Crippen molar-refractivity contribution in [3.63, 3.8) is 0 Å². The van der Waals surface area contributed by atoms with Crippen LogP contribution in [-0.2, 0) is 4.74 Å². The summed E-state index contributed by atoms with van der Waals surface area (Å²) in [5.41, 5.74) is -0.276. The summed E-state index contributed by atoms with van der Waals surface area (Å²) in [5.74, 6) is -0.509. The monoisotopic (exact) mass is 451 g/mol. The van der Waals surface area contributed by atoms with Crippen LogP contribution in [0.15, 0.2) is 22.7 Å². The van der Waals surface area contributed by atoms with Gasteiger partial charge in [0.1, 0.15) is 28.4 Å². The van der Waals surface area contributed by atoms with E-state index in [0.29, 0.717) is 6.54 Å². The van der Waals surface area contributed by atoms with Crippen LogP contribution in [-0.4, -0.2) is 35.3 Å². The van der Waals surface area contributed by atoms with Crippen molar-refractivity contribution in [3.8, 4) is 11.3 Å². The van der Waals surface area contributed by atoms with Crippen LogP contribution in [0.2, 0.25) is 5.02 Å². The predicted octanol–water partition coefficient (Wildman–Crippen LogP) is 4.87. The van der Waals surface area contributed by atoms with E-state index in [1.54, 1.807) is 6.92 Å². The lowest BCUT2D eigenvalue weighted by atomic mass is 10.0. The van der Waals surface area contributed by atoms with Gasteiger partial charge in [0.15, 0.2) is 0 Å². The second-order valence-electron chi connectivity index (χ2n) is 8.79. The minimum absolute atomic E-state index is 0.00172. The zero-order valence-corrected chi connectivity index (χ0v) is 18.8. The largest absolute Gasteiger partial charge is 0.444 e. The molecular weight excluding hydrogens is 425 g/mol. The topological polar surface area (TPSA) is 93.5 Å². The van der Waals surface area contributed by atoms with E-state index in [4.69, 9.17) is 20.9 Å². The summed E-state index contributed by atoms with van der Waals surface area (Å²) in [6, 6.07) is 4.27. The van der Waals surface area contributed by atoms with E-state index in [2.05, 4.69) is 15.8 Å². The Morgan fingerprint density at radius 1 is 1.32 bits per heavy atom. The average Bonchev–Trinajstić information content (AvgIpc) is 3.24. The van der Waals surface area contributed by atoms with Gasteiger partial charge in [-0.25, -0.2) is 9.18 Å². The van der Waals surface area contributed by atoms with Gasteiger partial charge in [-0.3, -0.25) is 4.79 Å². The number of alkyl carbamates (subject to hydrolysis) is 1. The number of aromatic nitrogens is 1. The predicted molar refractivity (Wildman–Crippen MR) is 114 cm³/mol. The molecule has 7 nitrogen and oxygen atoms in total. The number of carbonyl (C=O) groups is 2. The molecular formula is C22H27ClFN3O4. The first-order valence-corrected chi connectivity index (χ1v) is 10.6. The summed E-state index contributed by atoms with van der Waals surface area (Å²) in [6.07, 6.45) is 1.96. The van der Waals surface area contributed by atoms with Gasteiger partial charge in [-0.15, -0.1) is 0 Å². The summed E-state index contributed by atoms with van der Waals surface area (Å²) >= 11 is 6.13. The number of nitrogens with one attached hydrogen (secondary N) is 2. The van der Waals surface area contributed by atoms with Crippen LogP contribution in [0.4, 0.5) is 9.18 Å². The fourth-order valence-electron chi connectivity index (χ4n) is 3.73. The molecule has 2 amide bonds. The summed E-state index contributed by atoms with van der Waals surface area (Å²) in [6.45, 7) is 7.45. The molecule has 0 aliphatic heterocycles. The first-order chi connectivity index (χ1) is 14.5. The van der Waals surface area contributed by atoms with Crippen molar-refractivity contribution in [2.45, 2.75) is 58.6 Å². The fourth-order valence-corrected chi connectivity index (χ4v) is 3.98. The van der Waals surface area contributed by atoms with Crippen molar-refractivity contribution in [2.24, 2.45) is 5.92 Å². The third-order valence-electron chi connectivity index (χ3n) is 5.10. The van der Waals surface area contributed by atoms with Crippen LogP contribution in [0.25, 0.3) is 11.3 Å². The number of hydrogen-bond acceptors (Lipinski definition) is 5.